The maximum atomic E-state index is 12.5. The first kappa shape index (κ1) is 16.4. The van der Waals surface area contributed by atoms with Gasteiger partial charge in [0.15, 0.2) is 5.69 Å². The number of hydrogen-bond donors (Lipinski definition) is 2. The van der Waals surface area contributed by atoms with Crippen LogP contribution in [-0.4, -0.2) is 87.7 Å². The van der Waals surface area contributed by atoms with Crippen molar-refractivity contribution >= 4 is 5.91 Å². The molecular weight excluding hydrogens is 296 g/mol. The van der Waals surface area contributed by atoms with Crippen molar-refractivity contribution in [3.63, 3.8) is 0 Å². The first-order valence-electron chi connectivity index (χ1n) is 8.53. The van der Waals surface area contributed by atoms with E-state index in [-0.39, 0.29) is 12.0 Å². The molecule has 2 N–H and O–H groups in total. The Morgan fingerprint density at radius 2 is 2.04 bits per heavy atom. The summed E-state index contributed by atoms with van der Waals surface area (Å²) in [6.45, 7) is 7.11. The molecule has 23 heavy (non-hydrogen) atoms. The van der Waals surface area contributed by atoms with Crippen LogP contribution in [0.2, 0.25) is 0 Å². The van der Waals surface area contributed by atoms with Crippen LogP contribution in [0.1, 0.15) is 29.8 Å². The zero-order valence-corrected chi connectivity index (χ0v) is 13.5. The molecule has 0 spiro atoms. The summed E-state index contributed by atoms with van der Waals surface area (Å²) in [5.41, 5.74) is 0.404. The van der Waals surface area contributed by atoms with Gasteiger partial charge in [-0.1, -0.05) is 5.21 Å². The van der Waals surface area contributed by atoms with Crippen LogP contribution in [0.5, 0.6) is 0 Å². The summed E-state index contributed by atoms with van der Waals surface area (Å²) in [5.74, 6) is -0.0764. The van der Waals surface area contributed by atoms with Gasteiger partial charge in [-0.2, -0.15) is 0 Å². The molecule has 8 heteroatoms. The molecule has 2 aliphatic rings. The smallest absolute Gasteiger partial charge is 0.276 e. The van der Waals surface area contributed by atoms with Crippen molar-refractivity contribution in [1.29, 1.82) is 0 Å². The van der Waals surface area contributed by atoms with Crippen molar-refractivity contribution in [3.8, 4) is 0 Å². The molecule has 2 fully saturated rings. The van der Waals surface area contributed by atoms with Gasteiger partial charge in [-0.25, -0.2) is 0 Å². The van der Waals surface area contributed by atoms with Crippen molar-refractivity contribution < 1.29 is 9.90 Å². The molecule has 0 saturated carbocycles. The van der Waals surface area contributed by atoms with E-state index in [1.54, 1.807) is 15.8 Å². The Bertz CT molecular complexity index is 514. The Morgan fingerprint density at radius 1 is 1.22 bits per heavy atom. The van der Waals surface area contributed by atoms with E-state index >= 15 is 0 Å². The van der Waals surface area contributed by atoms with Gasteiger partial charge < -0.3 is 15.3 Å². The van der Waals surface area contributed by atoms with Crippen LogP contribution in [-0.2, 0) is 6.54 Å². The van der Waals surface area contributed by atoms with Crippen molar-refractivity contribution in [3.05, 3.63) is 11.9 Å². The fraction of sp³-hybridized carbons (Fsp3) is 0.800. The average Bonchev–Trinajstić information content (AvgIpc) is 2.95. The normalized spacial score (nSPS) is 23.7. The Labute approximate surface area is 136 Å². The van der Waals surface area contributed by atoms with Gasteiger partial charge in [0.25, 0.3) is 5.91 Å². The number of likely N-dealkylation sites (tertiary alicyclic amines) is 1. The highest BCUT2D eigenvalue weighted by Crippen LogP contribution is 2.13. The van der Waals surface area contributed by atoms with Gasteiger partial charge in [-0.05, 0) is 19.3 Å². The third kappa shape index (κ3) is 4.49. The molecule has 2 saturated heterocycles. The number of nitrogens with one attached hydrogen (secondary N) is 1. The summed E-state index contributed by atoms with van der Waals surface area (Å²) in [6, 6.07) is 0. The van der Waals surface area contributed by atoms with E-state index in [4.69, 9.17) is 0 Å². The minimum Gasteiger partial charge on any atom is -0.393 e. The first-order valence-corrected chi connectivity index (χ1v) is 8.53. The summed E-state index contributed by atoms with van der Waals surface area (Å²) in [7, 11) is 0. The Kier molecular flexibility index (Phi) is 5.58. The van der Waals surface area contributed by atoms with E-state index in [0.717, 1.165) is 52.1 Å². The molecule has 3 heterocycles. The number of hydrogen-bond acceptors (Lipinski definition) is 6. The first-order chi connectivity index (χ1) is 11.2. The monoisotopic (exact) mass is 322 g/mol. The second-order valence-corrected chi connectivity index (χ2v) is 6.34. The fourth-order valence-corrected chi connectivity index (χ4v) is 3.13. The SMILES string of the molecule is O=C(c1cn(CCN2CCNCC2)nn1)N1CCC[C@H](O)CC1. The maximum absolute atomic E-state index is 12.5. The third-order valence-corrected chi connectivity index (χ3v) is 4.60. The van der Waals surface area contributed by atoms with Crippen molar-refractivity contribution in [2.45, 2.75) is 31.9 Å². The highest BCUT2D eigenvalue weighted by molar-refractivity contribution is 5.91. The van der Waals surface area contributed by atoms with Gasteiger partial charge >= 0.3 is 0 Å². The van der Waals surface area contributed by atoms with Crippen LogP contribution in [0.25, 0.3) is 0 Å². The highest BCUT2D eigenvalue weighted by atomic mass is 16.3. The molecule has 8 nitrogen and oxygen atoms in total. The number of aliphatic hydroxyl groups excluding tert-OH is 1. The van der Waals surface area contributed by atoms with Crippen LogP contribution >= 0.6 is 0 Å². The van der Waals surface area contributed by atoms with Crippen LogP contribution < -0.4 is 5.32 Å². The largest absolute Gasteiger partial charge is 0.393 e. The van der Waals surface area contributed by atoms with Gasteiger partial charge in [0.1, 0.15) is 0 Å². The molecule has 0 unspecified atom stereocenters. The molecule has 1 aromatic rings. The summed E-state index contributed by atoms with van der Waals surface area (Å²) >= 11 is 0. The van der Waals surface area contributed by atoms with Crippen LogP contribution in [0, 0.1) is 0 Å². The fourth-order valence-electron chi connectivity index (χ4n) is 3.13. The molecule has 2 aliphatic heterocycles. The number of piperazine rings is 1. The second-order valence-electron chi connectivity index (χ2n) is 6.34. The van der Waals surface area contributed by atoms with E-state index in [0.29, 0.717) is 25.2 Å². The number of amides is 1. The third-order valence-electron chi connectivity index (χ3n) is 4.60. The molecule has 1 amide bonds. The predicted molar refractivity (Wildman–Crippen MR) is 85.1 cm³/mol. The summed E-state index contributed by atoms with van der Waals surface area (Å²) < 4.78 is 1.75. The van der Waals surface area contributed by atoms with Gasteiger partial charge in [0, 0.05) is 45.8 Å². The van der Waals surface area contributed by atoms with Gasteiger partial charge in [0.2, 0.25) is 0 Å². The van der Waals surface area contributed by atoms with E-state index in [1.165, 1.54) is 0 Å². The Morgan fingerprint density at radius 3 is 2.87 bits per heavy atom. The number of carbonyl (C=O) groups is 1. The quantitative estimate of drug-likeness (QED) is 0.752. The van der Waals surface area contributed by atoms with E-state index < -0.39 is 0 Å². The highest BCUT2D eigenvalue weighted by Gasteiger charge is 2.22. The van der Waals surface area contributed by atoms with Gasteiger partial charge in [-0.15, -0.1) is 5.10 Å². The van der Waals surface area contributed by atoms with E-state index in [2.05, 4.69) is 20.5 Å². The average molecular weight is 322 g/mol. The van der Waals surface area contributed by atoms with Crippen molar-refractivity contribution in [2.24, 2.45) is 0 Å². The summed E-state index contributed by atoms with van der Waals surface area (Å²) in [5, 5.41) is 21.1. The lowest BCUT2D eigenvalue weighted by Crippen LogP contribution is -2.44. The number of aromatic nitrogens is 3. The van der Waals surface area contributed by atoms with Gasteiger partial charge in [0.05, 0.1) is 18.8 Å². The molecular formula is C15H26N6O2. The topological polar surface area (TPSA) is 86.5 Å². The van der Waals surface area contributed by atoms with Crippen LogP contribution in [0.3, 0.4) is 0 Å². The van der Waals surface area contributed by atoms with Crippen molar-refractivity contribution in [1.82, 2.24) is 30.1 Å². The van der Waals surface area contributed by atoms with Crippen LogP contribution in [0.15, 0.2) is 6.20 Å². The van der Waals surface area contributed by atoms with Crippen LogP contribution in [0.4, 0.5) is 0 Å². The molecule has 0 aliphatic carbocycles. The minimum atomic E-state index is -0.289. The molecule has 0 aromatic carbocycles. The number of aliphatic hydroxyl groups is 1. The molecule has 128 valence electrons. The Balaban J connectivity index is 1.52. The molecule has 3 rings (SSSR count). The lowest BCUT2D eigenvalue weighted by molar-refractivity contribution is 0.0747. The summed E-state index contributed by atoms with van der Waals surface area (Å²) in [6.07, 6.45) is 3.70. The van der Waals surface area contributed by atoms with E-state index in [9.17, 15) is 9.90 Å². The predicted octanol–water partition coefficient (Wildman–Crippen LogP) is -0.830. The molecule has 1 aromatic heterocycles. The number of rotatable bonds is 4. The molecule has 0 radical (unpaired) electrons. The van der Waals surface area contributed by atoms with E-state index in [1.807, 2.05) is 0 Å². The minimum absolute atomic E-state index is 0.0764. The molecule has 1 atom stereocenters. The number of carbonyl (C=O) groups excluding carboxylic acids is 1. The van der Waals surface area contributed by atoms with Gasteiger partial charge in [-0.3, -0.25) is 14.4 Å². The lowest BCUT2D eigenvalue weighted by Gasteiger charge is -2.26. The zero-order chi connectivity index (χ0) is 16.1. The standard InChI is InChI=1S/C15H26N6O2/c22-13-2-1-6-20(7-3-13)15(23)14-12-21(18-17-14)11-10-19-8-4-16-5-9-19/h12-13,16,22H,1-11H2/t13-/m0/s1. The second kappa shape index (κ2) is 7.85. The summed E-state index contributed by atoms with van der Waals surface area (Å²) in [4.78, 5) is 16.7. The molecule has 0 bridgehead atoms. The Hall–Kier alpha value is -1.51. The maximum Gasteiger partial charge on any atom is 0.276 e. The van der Waals surface area contributed by atoms with Crippen molar-refractivity contribution in [2.75, 3.05) is 45.8 Å². The number of nitrogens with zero attached hydrogens (tertiary/aromatic N) is 5. The lowest BCUT2D eigenvalue weighted by atomic mass is 10.2. The zero-order valence-electron chi connectivity index (χ0n) is 13.5.